The molecule has 0 unspecified atom stereocenters. The number of aliphatic hydroxyl groups excluding tert-OH is 1. The smallest absolute Gasteiger partial charge is 0.197 e. The van der Waals surface area contributed by atoms with Gasteiger partial charge in [-0.05, 0) is 0 Å². The highest BCUT2D eigenvalue weighted by Gasteiger charge is 1.88. The standard InChI is InChI=1S/C4H8ClNO/c1-6(2)4(7)3-5/h3,7H,1-2H3/b4-3+. The predicted octanol–water partition coefficient (Wildman–Crippen LogP) is 1.14. The third kappa shape index (κ3) is 2.34. The van der Waals surface area contributed by atoms with E-state index in [9.17, 15) is 0 Å². The lowest BCUT2D eigenvalue weighted by atomic mass is 10.8. The topological polar surface area (TPSA) is 23.5 Å². The fraction of sp³-hybridized carbons (Fsp3) is 0.500. The second-order valence-corrected chi connectivity index (χ2v) is 1.58. The fourth-order valence-corrected chi connectivity index (χ4v) is 0.293. The van der Waals surface area contributed by atoms with Gasteiger partial charge in [-0.1, -0.05) is 11.6 Å². The molecule has 0 aromatic rings. The molecule has 7 heavy (non-hydrogen) atoms. The van der Waals surface area contributed by atoms with Crippen LogP contribution in [0, 0.1) is 0 Å². The van der Waals surface area contributed by atoms with Gasteiger partial charge in [0.2, 0.25) is 0 Å². The van der Waals surface area contributed by atoms with Crippen molar-refractivity contribution in [1.82, 2.24) is 4.90 Å². The number of hydrogen-bond acceptors (Lipinski definition) is 2. The van der Waals surface area contributed by atoms with Crippen molar-refractivity contribution in [2.24, 2.45) is 0 Å². The minimum Gasteiger partial charge on any atom is -0.494 e. The van der Waals surface area contributed by atoms with Crippen LogP contribution in [0.25, 0.3) is 0 Å². The number of aliphatic hydroxyl groups is 1. The zero-order valence-electron chi connectivity index (χ0n) is 4.35. The summed E-state index contributed by atoms with van der Waals surface area (Å²) in [5, 5.41) is 8.59. The largest absolute Gasteiger partial charge is 0.494 e. The molecule has 0 fully saturated rings. The van der Waals surface area contributed by atoms with Crippen molar-refractivity contribution in [2.45, 2.75) is 0 Å². The molecule has 0 aliphatic rings. The summed E-state index contributed by atoms with van der Waals surface area (Å²) in [5.41, 5.74) is 1.11. The molecule has 3 heteroatoms. The lowest BCUT2D eigenvalue weighted by molar-refractivity contribution is 0.265. The maximum Gasteiger partial charge on any atom is 0.197 e. The average Bonchev–Trinajstić information content (AvgIpc) is 1.65. The van der Waals surface area contributed by atoms with Crippen LogP contribution in [0.3, 0.4) is 0 Å². The molecule has 0 saturated heterocycles. The summed E-state index contributed by atoms with van der Waals surface area (Å²) in [6, 6.07) is 0. The van der Waals surface area contributed by atoms with E-state index in [4.69, 9.17) is 16.7 Å². The van der Waals surface area contributed by atoms with Gasteiger partial charge in [-0.25, -0.2) is 0 Å². The molecule has 0 bridgehead atoms. The first-order chi connectivity index (χ1) is 3.18. The van der Waals surface area contributed by atoms with Crippen molar-refractivity contribution in [2.75, 3.05) is 14.1 Å². The van der Waals surface area contributed by atoms with Crippen molar-refractivity contribution in [3.63, 3.8) is 0 Å². The van der Waals surface area contributed by atoms with Crippen LogP contribution in [0.1, 0.15) is 0 Å². The van der Waals surface area contributed by atoms with Gasteiger partial charge in [-0.2, -0.15) is 0 Å². The summed E-state index contributed by atoms with van der Waals surface area (Å²) in [5.74, 6) is 0.0710. The molecule has 0 saturated carbocycles. The van der Waals surface area contributed by atoms with Crippen LogP contribution in [0.2, 0.25) is 0 Å². The predicted molar refractivity (Wildman–Crippen MR) is 30.3 cm³/mol. The van der Waals surface area contributed by atoms with Gasteiger partial charge in [0.1, 0.15) is 0 Å². The van der Waals surface area contributed by atoms with Gasteiger partial charge in [0.15, 0.2) is 5.88 Å². The first-order valence-electron chi connectivity index (χ1n) is 1.85. The van der Waals surface area contributed by atoms with E-state index >= 15 is 0 Å². The first-order valence-corrected chi connectivity index (χ1v) is 2.28. The third-order valence-electron chi connectivity index (χ3n) is 0.556. The Labute approximate surface area is 48.0 Å². The molecular weight excluding hydrogens is 114 g/mol. The zero-order valence-corrected chi connectivity index (χ0v) is 5.11. The monoisotopic (exact) mass is 121 g/mol. The lowest BCUT2D eigenvalue weighted by Gasteiger charge is -2.07. The highest BCUT2D eigenvalue weighted by atomic mass is 35.5. The maximum absolute atomic E-state index is 8.59. The van der Waals surface area contributed by atoms with E-state index in [0.717, 1.165) is 5.54 Å². The average molecular weight is 122 g/mol. The Morgan fingerprint density at radius 3 is 2.14 bits per heavy atom. The number of hydrogen-bond donors (Lipinski definition) is 1. The molecule has 42 valence electrons. The van der Waals surface area contributed by atoms with Gasteiger partial charge in [0.05, 0.1) is 5.54 Å². The number of rotatable bonds is 1. The normalized spacial score (nSPS) is 11.6. The van der Waals surface area contributed by atoms with Gasteiger partial charge in [-0.3, -0.25) is 0 Å². The molecule has 0 aromatic heterocycles. The molecule has 0 heterocycles. The van der Waals surface area contributed by atoms with Crippen LogP contribution < -0.4 is 0 Å². The molecule has 0 rings (SSSR count). The highest BCUT2D eigenvalue weighted by molar-refractivity contribution is 6.25. The Balaban J connectivity index is 3.56. The van der Waals surface area contributed by atoms with E-state index < -0.39 is 0 Å². The fourth-order valence-electron chi connectivity index (χ4n) is 0.0976. The molecule has 1 N–H and O–H groups in total. The van der Waals surface area contributed by atoms with Gasteiger partial charge in [0.25, 0.3) is 0 Å². The summed E-state index contributed by atoms with van der Waals surface area (Å²) in [6.07, 6.45) is 0. The maximum atomic E-state index is 8.59. The van der Waals surface area contributed by atoms with Crippen LogP contribution in [0.15, 0.2) is 11.4 Å². The van der Waals surface area contributed by atoms with Crippen LogP contribution in [0.4, 0.5) is 0 Å². The molecule has 0 spiro atoms. The summed E-state index contributed by atoms with van der Waals surface area (Å²) in [4.78, 5) is 1.51. The molecule has 0 aliphatic heterocycles. The number of nitrogens with zero attached hydrogens (tertiary/aromatic N) is 1. The van der Waals surface area contributed by atoms with E-state index in [1.54, 1.807) is 14.1 Å². The quantitative estimate of drug-likeness (QED) is 0.526. The summed E-state index contributed by atoms with van der Waals surface area (Å²) >= 11 is 5.09. The van der Waals surface area contributed by atoms with E-state index in [2.05, 4.69) is 0 Å². The summed E-state index contributed by atoms with van der Waals surface area (Å²) < 4.78 is 0. The van der Waals surface area contributed by atoms with Gasteiger partial charge in [-0.15, -0.1) is 0 Å². The molecule has 0 radical (unpaired) electrons. The van der Waals surface area contributed by atoms with Crippen LogP contribution >= 0.6 is 11.6 Å². The third-order valence-corrected chi connectivity index (χ3v) is 0.751. The van der Waals surface area contributed by atoms with E-state index in [1.165, 1.54) is 4.90 Å². The zero-order chi connectivity index (χ0) is 5.86. The molecule has 0 aliphatic carbocycles. The van der Waals surface area contributed by atoms with Gasteiger partial charge >= 0.3 is 0 Å². The Bertz CT molecular complexity index is 79.8. The van der Waals surface area contributed by atoms with Crippen molar-refractivity contribution >= 4 is 11.6 Å². The van der Waals surface area contributed by atoms with Crippen molar-refractivity contribution in [1.29, 1.82) is 0 Å². The Hall–Kier alpha value is -0.370. The SMILES string of the molecule is CN(C)/C(O)=C\Cl. The Morgan fingerprint density at radius 1 is 1.71 bits per heavy atom. The summed E-state index contributed by atoms with van der Waals surface area (Å²) in [7, 11) is 3.41. The van der Waals surface area contributed by atoms with Crippen molar-refractivity contribution in [3.8, 4) is 0 Å². The van der Waals surface area contributed by atoms with Crippen LogP contribution in [-0.2, 0) is 0 Å². The molecule has 0 atom stereocenters. The van der Waals surface area contributed by atoms with Crippen molar-refractivity contribution < 1.29 is 5.11 Å². The second kappa shape index (κ2) is 2.75. The lowest BCUT2D eigenvalue weighted by Crippen LogP contribution is -2.09. The van der Waals surface area contributed by atoms with E-state index in [-0.39, 0.29) is 5.88 Å². The van der Waals surface area contributed by atoms with E-state index in [0.29, 0.717) is 0 Å². The Kier molecular flexibility index (Phi) is 2.60. The van der Waals surface area contributed by atoms with Gasteiger partial charge < -0.3 is 10.0 Å². The minimum atomic E-state index is 0.0710. The van der Waals surface area contributed by atoms with Crippen LogP contribution in [0.5, 0.6) is 0 Å². The molecular formula is C4H8ClNO. The van der Waals surface area contributed by atoms with Crippen molar-refractivity contribution in [3.05, 3.63) is 11.4 Å². The highest BCUT2D eigenvalue weighted by Crippen LogP contribution is 1.92. The number of halogens is 1. The minimum absolute atomic E-state index is 0.0710. The second-order valence-electron chi connectivity index (χ2n) is 1.36. The Morgan fingerprint density at radius 2 is 2.14 bits per heavy atom. The molecule has 2 nitrogen and oxygen atoms in total. The molecule has 0 amide bonds. The first kappa shape index (κ1) is 6.63. The summed E-state index contributed by atoms with van der Waals surface area (Å²) in [6.45, 7) is 0. The molecule has 0 aromatic carbocycles. The van der Waals surface area contributed by atoms with Crippen LogP contribution in [-0.4, -0.2) is 24.1 Å². The van der Waals surface area contributed by atoms with Gasteiger partial charge in [0, 0.05) is 14.1 Å². The van der Waals surface area contributed by atoms with E-state index in [1.807, 2.05) is 0 Å².